The first-order chi connectivity index (χ1) is 14.0. The first kappa shape index (κ1) is 17.9. The van der Waals surface area contributed by atoms with Gasteiger partial charge < -0.3 is 13.7 Å². The van der Waals surface area contributed by atoms with E-state index < -0.39 is 17.8 Å². The fourth-order valence-electron chi connectivity index (χ4n) is 3.75. The molecule has 4 aromatic rings. The van der Waals surface area contributed by atoms with Crippen LogP contribution in [0.15, 0.2) is 79.0 Å². The zero-order chi connectivity index (χ0) is 20.1. The molecule has 0 aliphatic carbocycles. The van der Waals surface area contributed by atoms with Gasteiger partial charge in [0.2, 0.25) is 5.76 Å². The third-order valence-electron chi connectivity index (χ3n) is 5.00. The van der Waals surface area contributed by atoms with Crippen molar-refractivity contribution in [2.24, 2.45) is 0 Å². The molecule has 5 nitrogen and oxygen atoms in total. The first-order valence-corrected chi connectivity index (χ1v) is 9.67. The normalized spacial score (nSPS) is 15.9. The summed E-state index contributed by atoms with van der Waals surface area (Å²) in [7, 11) is 0. The molecule has 3 heterocycles. The van der Waals surface area contributed by atoms with Crippen molar-refractivity contribution in [1.82, 2.24) is 4.90 Å². The summed E-state index contributed by atoms with van der Waals surface area (Å²) in [5, 5.41) is 0.354. The smallest absolute Gasteiger partial charge is 0.291 e. The number of benzene rings is 2. The predicted molar refractivity (Wildman–Crippen MR) is 107 cm³/mol. The van der Waals surface area contributed by atoms with Crippen molar-refractivity contribution < 1.29 is 18.0 Å². The lowest BCUT2D eigenvalue weighted by atomic mass is 9.98. The zero-order valence-corrected chi connectivity index (χ0v) is 16.5. The SMILES string of the molecule is O=C1c2oc3ccc(Br)cc3c(=O)c2C(c2cccc(F)c2)N1Cc1ccco1. The van der Waals surface area contributed by atoms with Crippen LogP contribution in [0.1, 0.15) is 33.5 Å². The Kier molecular flexibility index (Phi) is 4.13. The summed E-state index contributed by atoms with van der Waals surface area (Å²) in [4.78, 5) is 28.0. The first-order valence-electron chi connectivity index (χ1n) is 8.88. The Morgan fingerprint density at radius 3 is 2.69 bits per heavy atom. The van der Waals surface area contributed by atoms with E-state index in [1.54, 1.807) is 42.5 Å². The van der Waals surface area contributed by atoms with Crippen molar-refractivity contribution in [3.63, 3.8) is 0 Å². The highest BCUT2D eigenvalue weighted by molar-refractivity contribution is 9.10. The van der Waals surface area contributed by atoms with Crippen molar-refractivity contribution in [2.45, 2.75) is 12.6 Å². The summed E-state index contributed by atoms with van der Waals surface area (Å²) in [5.41, 5.74) is 0.707. The van der Waals surface area contributed by atoms with E-state index >= 15 is 0 Å². The van der Waals surface area contributed by atoms with E-state index in [0.717, 1.165) is 4.47 Å². The number of halogens is 2. The van der Waals surface area contributed by atoms with Gasteiger partial charge in [-0.15, -0.1) is 0 Å². The second-order valence-corrected chi connectivity index (χ2v) is 7.70. The number of carbonyl (C=O) groups excluding carboxylic acids is 1. The minimum Gasteiger partial charge on any atom is -0.467 e. The molecule has 2 aromatic heterocycles. The number of furan rings is 1. The number of nitrogens with zero attached hydrogens (tertiary/aromatic N) is 1. The minimum absolute atomic E-state index is 0.0226. The van der Waals surface area contributed by atoms with E-state index in [0.29, 0.717) is 22.3 Å². The Labute approximate surface area is 172 Å². The molecule has 7 heteroatoms. The summed E-state index contributed by atoms with van der Waals surface area (Å²) in [5.74, 6) is -0.361. The molecule has 0 saturated carbocycles. The van der Waals surface area contributed by atoms with E-state index in [4.69, 9.17) is 8.83 Å². The third kappa shape index (κ3) is 2.89. The van der Waals surface area contributed by atoms with E-state index in [2.05, 4.69) is 15.9 Å². The number of hydrogen-bond acceptors (Lipinski definition) is 4. The number of rotatable bonds is 3. The van der Waals surface area contributed by atoms with Crippen LogP contribution in [-0.4, -0.2) is 10.8 Å². The van der Waals surface area contributed by atoms with Crippen LogP contribution in [0, 0.1) is 5.82 Å². The Morgan fingerprint density at radius 1 is 1.07 bits per heavy atom. The zero-order valence-electron chi connectivity index (χ0n) is 14.9. The molecule has 1 aliphatic rings. The monoisotopic (exact) mass is 453 g/mol. The lowest BCUT2D eigenvalue weighted by molar-refractivity contribution is 0.0701. The van der Waals surface area contributed by atoms with Crippen molar-refractivity contribution in [2.75, 3.05) is 0 Å². The highest BCUT2D eigenvalue weighted by Crippen LogP contribution is 2.39. The molecule has 0 radical (unpaired) electrons. The Morgan fingerprint density at radius 2 is 1.93 bits per heavy atom. The topological polar surface area (TPSA) is 63.7 Å². The molecular formula is C22H13BrFNO4. The molecule has 0 spiro atoms. The molecule has 2 aromatic carbocycles. The fourth-order valence-corrected chi connectivity index (χ4v) is 4.11. The largest absolute Gasteiger partial charge is 0.467 e. The Balaban J connectivity index is 1.77. The van der Waals surface area contributed by atoms with Crippen LogP contribution in [-0.2, 0) is 6.54 Å². The summed E-state index contributed by atoms with van der Waals surface area (Å²) in [6.45, 7) is 0.122. The van der Waals surface area contributed by atoms with E-state index in [1.165, 1.54) is 23.3 Å². The second kappa shape index (κ2) is 6.70. The van der Waals surface area contributed by atoms with Gasteiger partial charge in [0.15, 0.2) is 5.43 Å². The maximum absolute atomic E-state index is 14.0. The van der Waals surface area contributed by atoms with Gasteiger partial charge >= 0.3 is 0 Å². The summed E-state index contributed by atoms with van der Waals surface area (Å²) < 4.78 is 25.9. The summed E-state index contributed by atoms with van der Waals surface area (Å²) in [6.07, 6.45) is 1.51. The van der Waals surface area contributed by atoms with Gasteiger partial charge in [-0.05, 0) is 48.0 Å². The molecule has 1 unspecified atom stereocenters. The van der Waals surface area contributed by atoms with Crippen molar-refractivity contribution in [3.05, 3.63) is 104 Å². The maximum Gasteiger partial charge on any atom is 0.291 e. The van der Waals surface area contributed by atoms with E-state index in [1.807, 2.05) is 0 Å². The molecule has 0 N–H and O–H groups in total. The molecule has 29 heavy (non-hydrogen) atoms. The molecule has 1 atom stereocenters. The highest BCUT2D eigenvalue weighted by atomic mass is 79.9. The van der Waals surface area contributed by atoms with Gasteiger partial charge in [-0.2, -0.15) is 0 Å². The molecule has 0 bridgehead atoms. The number of amides is 1. The maximum atomic E-state index is 14.0. The molecule has 144 valence electrons. The van der Waals surface area contributed by atoms with E-state index in [-0.39, 0.29) is 23.3 Å². The second-order valence-electron chi connectivity index (χ2n) is 6.78. The lowest BCUT2D eigenvalue weighted by Gasteiger charge is -2.24. The summed E-state index contributed by atoms with van der Waals surface area (Å²) >= 11 is 3.36. The molecule has 5 rings (SSSR count). The van der Waals surface area contributed by atoms with Crippen LogP contribution in [0.2, 0.25) is 0 Å². The van der Waals surface area contributed by atoms with Gasteiger partial charge in [-0.3, -0.25) is 9.59 Å². The van der Waals surface area contributed by atoms with Crippen LogP contribution in [0.3, 0.4) is 0 Å². The predicted octanol–water partition coefficient (Wildman–Crippen LogP) is 5.03. The average molecular weight is 454 g/mol. The van der Waals surface area contributed by atoms with Crippen LogP contribution in [0.4, 0.5) is 4.39 Å². The van der Waals surface area contributed by atoms with Gasteiger partial charge in [0, 0.05) is 4.47 Å². The van der Waals surface area contributed by atoms with Gasteiger partial charge in [-0.25, -0.2) is 4.39 Å². The quantitative estimate of drug-likeness (QED) is 0.436. The number of hydrogen-bond donors (Lipinski definition) is 0. The lowest BCUT2D eigenvalue weighted by Crippen LogP contribution is -2.29. The molecule has 0 fully saturated rings. The average Bonchev–Trinajstić information content (AvgIpc) is 3.31. The van der Waals surface area contributed by atoms with Crippen LogP contribution >= 0.6 is 15.9 Å². The number of carbonyl (C=O) groups is 1. The Hall–Kier alpha value is -3.19. The number of fused-ring (bicyclic) bond motifs is 2. The molecular weight excluding hydrogens is 441 g/mol. The van der Waals surface area contributed by atoms with E-state index in [9.17, 15) is 14.0 Å². The third-order valence-corrected chi connectivity index (χ3v) is 5.49. The van der Waals surface area contributed by atoms with Crippen LogP contribution in [0.5, 0.6) is 0 Å². The van der Waals surface area contributed by atoms with Crippen molar-refractivity contribution >= 4 is 32.8 Å². The highest BCUT2D eigenvalue weighted by Gasteiger charge is 2.43. The van der Waals surface area contributed by atoms with Crippen molar-refractivity contribution in [1.29, 1.82) is 0 Å². The van der Waals surface area contributed by atoms with Crippen LogP contribution in [0.25, 0.3) is 11.0 Å². The fraction of sp³-hybridized carbons (Fsp3) is 0.0909. The Bertz CT molecular complexity index is 1310. The van der Waals surface area contributed by atoms with Gasteiger partial charge in [-0.1, -0.05) is 28.1 Å². The minimum atomic E-state index is -0.780. The van der Waals surface area contributed by atoms with Crippen LogP contribution < -0.4 is 5.43 Å². The van der Waals surface area contributed by atoms with Gasteiger partial charge in [0.05, 0.1) is 29.8 Å². The van der Waals surface area contributed by atoms with Gasteiger partial charge in [0.25, 0.3) is 5.91 Å². The summed E-state index contributed by atoms with van der Waals surface area (Å²) in [6, 6.07) is 13.6. The molecule has 1 aliphatic heterocycles. The van der Waals surface area contributed by atoms with Crippen molar-refractivity contribution in [3.8, 4) is 0 Å². The standard InChI is InChI=1S/C22H13BrFNO4/c23-13-6-7-17-16(10-13)20(26)18-19(12-3-1-4-14(24)9-12)25(22(27)21(18)29-17)11-15-5-2-8-28-15/h1-10,19H,11H2. The molecule has 0 saturated heterocycles. The molecule has 1 amide bonds. The van der Waals surface area contributed by atoms with Gasteiger partial charge in [0.1, 0.15) is 17.2 Å².